The van der Waals surface area contributed by atoms with Crippen molar-refractivity contribution in [3.05, 3.63) is 75.8 Å². The first-order valence-corrected chi connectivity index (χ1v) is 5.93. The lowest BCUT2D eigenvalue weighted by atomic mass is 9.92. The second kappa shape index (κ2) is 5.44. The number of non-ortho nitro benzene ring substituents is 1. The maximum atomic E-state index is 12.2. The zero-order valence-corrected chi connectivity index (χ0v) is 10.4. The molecule has 0 fully saturated rings. The number of Topliss-reactive ketones (excluding diaryl/α,β-unsaturated/α-hetero) is 1. The molecular formula is C15H13NO3. The summed E-state index contributed by atoms with van der Waals surface area (Å²) in [6.45, 7) is 1.80. The summed E-state index contributed by atoms with van der Waals surface area (Å²) in [7, 11) is 0. The number of carbonyl (C=O) groups excluding carboxylic acids is 1. The van der Waals surface area contributed by atoms with Crippen molar-refractivity contribution in [1.82, 2.24) is 0 Å². The van der Waals surface area contributed by atoms with Gasteiger partial charge in [0.25, 0.3) is 5.69 Å². The predicted molar refractivity (Wildman–Crippen MR) is 72.3 cm³/mol. The van der Waals surface area contributed by atoms with Crippen LogP contribution in [0.4, 0.5) is 5.69 Å². The van der Waals surface area contributed by atoms with Crippen molar-refractivity contribution >= 4 is 11.5 Å². The average molecular weight is 255 g/mol. The molecule has 0 spiro atoms. The molecule has 0 N–H and O–H groups in total. The Morgan fingerprint density at radius 3 is 2.16 bits per heavy atom. The number of nitro benzene ring substituents is 1. The highest BCUT2D eigenvalue weighted by molar-refractivity contribution is 6.00. The van der Waals surface area contributed by atoms with Gasteiger partial charge in [-0.3, -0.25) is 14.9 Å². The molecule has 2 aromatic carbocycles. The molecule has 0 saturated carbocycles. The lowest BCUT2D eigenvalue weighted by Crippen LogP contribution is -2.09. The van der Waals surface area contributed by atoms with Gasteiger partial charge in [0.05, 0.1) is 4.92 Å². The minimum absolute atomic E-state index is 0.00875. The van der Waals surface area contributed by atoms with E-state index in [0.29, 0.717) is 5.56 Å². The van der Waals surface area contributed by atoms with E-state index in [1.54, 1.807) is 31.2 Å². The molecule has 0 amide bonds. The molecule has 0 aliphatic carbocycles. The van der Waals surface area contributed by atoms with E-state index in [0.717, 1.165) is 5.56 Å². The largest absolute Gasteiger partial charge is 0.294 e. The molecule has 96 valence electrons. The van der Waals surface area contributed by atoms with Crippen LogP contribution in [-0.4, -0.2) is 10.7 Å². The summed E-state index contributed by atoms with van der Waals surface area (Å²) >= 11 is 0. The Hall–Kier alpha value is -2.49. The van der Waals surface area contributed by atoms with Gasteiger partial charge in [0, 0.05) is 23.6 Å². The van der Waals surface area contributed by atoms with Gasteiger partial charge in [-0.2, -0.15) is 0 Å². The van der Waals surface area contributed by atoms with Crippen molar-refractivity contribution < 1.29 is 9.72 Å². The van der Waals surface area contributed by atoms with Gasteiger partial charge in [-0.25, -0.2) is 0 Å². The zero-order chi connectivity index (χ0) is 13.8. The highest BCUT2D eigenvalue weighted by Gasteiger charge is 2.17. The summed E-state index contributed by atoms with van der Waals surface area (Å²) < 4.78 is 0. The Kier molecular flexibility index (Phi) is 3.71. The van der Waals surface area contributed by atoms with Crippen LogP contribution >= 0.6 is 0 Å². The SMILES string of the molecule is C[C@H](C(=O)c1ccccc1)c1ccc([N+](=O)[O-])cc1. The fraction of sp³-hybridized carbons (Fsp3) is 0.133. The Bertz CT molecular complexity index is 591. The number of carbonyl (C=O) groups is 1. The van der Waals surface area contributed by atoms with E-state index in [1.165, 1.54) is 12.1 Å². The first-order valence-electron chi connectivity index (χ1n) is 5.93. The van der Waals surface area contributed by atoms with Crippen LogP contribution in [0.25, 0.3) is 0 Å². The van der Waals surface area contributed by atoms with Crippen molar-refractivity contribution in [2.24, 2.45) is 0 Å². The molecule has 2 rings (SSSR count). The Labute approximate surface area is 110 Å². The van der Waals surface area contributed by atoms with E-state index in [9.17, 15) is 14.9 Å². The molecular weight excluding hydrogens is 242 g/mol. The number of nitro groups is 1. The molecule has 0 saturated heterocycles. The predicted octanol–water partition coefficient (Wildman–Crippen LogP) is 3.58. The van der Waals surface area contributed by atoms with Gasteiger partial charge in [0.2, 0.25) is 0 Å². The molecule has 19 heavy (non-hydrogen) atoms. The van der Waals surface area contributed by atoms with E-state index < -0.39 is 4.92 Å². The van der Waals surface area contributed by atoms with Gasteiger partial charge in [-0.05, 0) is 5.56 Å². The molecule has 0 heterocycles. The Morgan fingerprint density at radius 1 is 1.05 bits per heavy atom. The molecule has 0 radical (unpaired) electrons. The van der Waals surface area contributed by atoms with Crippen molar-refractivity contribution in [2.75, 3.05) is 0 Å². The number of ketones is 1. The summed E-state index contributed by atoms with van der Waals surface area (Å²) in [5.41, 5.74) is 1.45. The standard InChI is InChI=1S/C15H13NO3/c1-11(15(17)13-5-3-2-4-6-13)12-7-9-14(10-8-12)16(18)19/h2-11H,1H3/t11-/m0/s1. The van der Waals surface area contributed by atoms with E-state index in [4.69, 9.17) is 0 Å². The topological polar surface area (TPSA) is 60.2 Å². The zero-order valence-electron chi connectivity index (χ0n) is 10.4. The number of hydrogen-bond acceptors (Lipinski definition) is 3. The number of benzene rings is 2. The molecule has 4 nitrogen and oxygen atoms in total. The second-order valence-electron chi connectivity index (χ2n) is 4.30. The molecule has 0 unspecified atom stereocenters. The molecule has 1 atom stereocenters. The molecule has 0 aromatic heterocycles. The molecule has 0 aliphatic rings. The molecule has 0 aliphatic heterocycles. The highest BCUT2D eigenvalue weighted by Crippen LogP contribution is 2.22. The van der Waals surface area contributed by atoms with Crippen LogP contribution in [0.1, 0.15) is 28.8 Å². The van der Waals surface area contributed by atoms with Gasteiger partial charge < -0.3 is 0 Å². The van der Waals surface area contributed by atoms with Gasteiger partial charge >= 0.3 is 0 Å². The highest BCUT2D eigenvalue weighted by atomic mass is 16.6. The monoisotopic (exact) mass is 255 g/mol. The Morgan fingerprint density at radius 2 is 1.63 bits per heavy atom. The smallest absolute Gasteiger partial charge is 0.269 e. The van der Waals surface area contributed by atoms with Gasteiger partial charge in [-0.1, -0.05) is 49.4 Å². The third-order valence-electron chi connectivity index (χ3n) is 3.06. The number of rotatable bonds is 4. The van der Waals surface area contributed by atoms with Crippen LogP contribution in [0.5, 0.6) is 0 Å². The lowest BCUT2D eigenvalue weighted by Gasteiger charge is -2.10. The van der Waals surface area contributed by atoms with Crippen molar-refractivity contribution in [3.63, 3.8) is 0 Å². The van der Waals surface area contributed by atoms with Crippen LogP contribution < -0.4 is 0 Å². The fourth-order valence-electron chi connectivity index (χ4n) is 1.89. The van der Waals surface area contributed by atoms with E-state index in [2.05, 4.69) is 0 Å². The second-order valence-corrected chi connectivity index (χ2v) is 4.30. The van der Waals surface area contributed by atoms with Gasteiger partial charge in [0.15, 0.2) is 5.78 Å². The minimum Gasteiger partial charge on any atom is -0.294 e. The van der Waals surface area contributed by atoms with Crippen molar-refractivity contribution in [1.29, 1.82) is 0 Å². The van der Waals surface area contributed by atoms with Crippen LogP contribution in [0.15, 0.2) is 54.6 Å². The summed E-state index contributed by atoms with van der Waals surface area (Å²) in [5, 5.41) is 10.6. The maximum absolute atomic E-state index is 12.2. The first kappa shape index (κ1) is 13.0. The lowest BCUT2D eigenvalue weighted by molar-refractivity contribution is -0.384. The van der Waals surface area contributed by atoms with E-state index in [1.807, 2.05) is 18.2 Å². The molecule has 0 bridgehead atoms. The number of hydrogen-bond donors (Lipinski definition) is 0. The Balaban J connectivity index is 2.22. The van der Waals surface area contributed by atoms with Gasteiger partial charge in [0.1, 0.15) is 0 Å². The van der Waals surface area contributed by atoms with Crippen molar-refractivity contribution in [3.8, 4) is 0 Å². The molecule has 4 heteroatoms. The fourth-order valence-corrected chi connectivity index (χ4v) is 1.89. The summed E-state index contributed by atoms with van der Waals surface area (Å²) in [5.74, 6) is -0.308. The average Bonchev–Trinajstić information content (AvgIpc) is 2.46. The van der Waals surface area contributed by atoms with Crippen LogP contribution in [0.2, 0.25) is 0 Å². The van der Waals surface area contributed by atoms with Gasteiger partial charge in [-0.15, -0.1) is 0 Å². The first-order chi connectivity index (χ1) is 9.09. The summed E-state index contributed by atoms with van der Waals surface area (Å²) in [4.78, 5) is 22.4. The van der Waals surface area contributed by atoms with E-state index in [-0.39, 0.29) is 17.4 Å². The maximum Gasteiger partial charge on any atom is 0.269 e. The third kappa shape index (κ3) is 2.85. The molecule has 2 aromatic rings. The minimum atomic E-state index is -0.451. The summed E-state index contributed by atoms with van der Waals surface area (Å²) in [6, 6.07) is 15.1. The van der Waals surface area contributed by atoms with Crippen LogP contribution in [0, 0.1) is 10.1 Å². The van der Waals surface area contributed by atoms with Crippen molar-refractivity contribution in [2.45, 2.75) is 12.8 Å². The van der Waals surface area contributed by atoms with Crippen LogP contribution in [-0.2, 0) is 0 Å². The van der Waals surface area contributed by atoms with Crippen LogP contribution in [0.3, 0.4) is 0 Å². The van der Waals surface area contributed by atoms with E-state index >= 15 is 0 Å². The quantitative estimate of drug-likeness (QED) is 0.476. The normalized spacial score (nSPS) is 11.8. The summed E-state index contributed by atoms with van der Waals surface area (Å²) in [6.07, 6.45) is 0. The number of nitrogens with zero attached hydrogens (tertiary/aromatic N) is 1. The third-order valence-corrected chi connectivity index (χ3v) is 3.06.